The molecule has 0 aromatic carbocycles. The second-order valence-corrected chi connectivity index (χ2v) is 3.57. The number of likely N-dealkylation sites (N-methyl/N-ethyl adjacent to an activating group) is 1. The van der Waals surface area contributed by atoms with Gasteiger partial charge in [-0.05, 0) is 6.92 Å². The minimum Gasteiger partial charge on any atom is -0.481 e. The van der Waals surface area contributed by atoms with Gasteiger partial charge in [0.05, 0.1) is 6.54 Å². The fourth-order valence-corrected chi connectivity index (χ4v) is 1.30. The van der Waals surface area contributed by atoms with Gasteiger partial charge in [0.25, 0.3) is 5.97 Å². The third kappa shape index (κ3) is 8.90. The molecule has 0 bridgehead atoms. The number of hydrogen-bond donors (Lipinski definition) is 2. The number of aliphatic carboxylic acids is 2. The fraction of sp³-hybridized carbons (Fsp3) is 0.667. The Balaban J connectivity index is 0. The first kappa shape index (κ1) is 20.2. The quantitative estimate of drug-likeness (QED) is 0.748. The summed E-state index contributed by atoms with van der Waals surface area (Å²) >= 11 is 0. The molecule has 2 N–H and O–H groups in total. The van der Waals surface area contributed by atoms with Crippen LogP contribution in [0.25, 0.3) is 0 Å². The highest BCUT2D eigenvalue weighted by atomic mass is 16.4. The summed E-state index contributed by atoms with van der Waals surface area (Å²) in [6, 6.07) is 0. The van der Waals surface area contributed by atoms with Gasteiger partial charge in [-0.3, -0.25) is 19.2 Å². The first-order chi connectivity index (χ1) is 9.27. The predicted molar refractivity (Wildman–Crippen MR) is 71.1 cm³/mol. The first-order valence-electron chi connectivity index (χ1n) is 6.24. The number of amides is 2. The van der Waals surface area contributed by atoms with Gasteiger partial charge in [-0.1, -0.05) is 13.8 Å². The highest BCUT2D eigenvalue weighted by Crippen LogP contribution is 2.03. The molecule has 0 spiro atoms. The van der Waals surface area contributed by atoms with Crippen LogP contribution < -0.4 is 0 Å². The summed E-state index contributed by atoms with van der Waals surface area (Å²) < 4.78 is 0. The summed E-state index contributed by atoms with van der Waals surface area (Å²) in [5.41, 5.74) is 0. The van der Waals surface area contributed by atoms with Gasteiger partial charge >= 0.3 is 5.97 Å². The lowest BCUT2D eigenvalue weighted by atomic mass is 10.3. The lowest BCUT2D eigenvalue weighted by Crippen LogP contribution is -2.54. The minimum atomic E-state index is -1.10. The van der Waals surface area contributed by atoms with Crippen LogP contribution in [0.3, 0.4) is 0 Å². The van der Waals surface area contributed by atoms with Gasteiger partial charge in [0.1, 0.15) is 13.1 Å². The maximum Gasteiger partial charge on any atom is 0.323 e. The van der Waals surface area contributed by atoms with Gasteiger partial charge < -0.3 is 20.0 Å². The number of carbonyl (C=O) groups is 4. The third-order valence-corrected chi connectivity index (χ3v) is 2.07. The molecule has 2 amide bonds. The van der Waals surface area contributed by atoms with Crippen molar-refractivity contribution in [3.05, 3.63) is 0 Å². The van der Waals surface area contributed by atoms with Gasteiger partial charge in [0.2, 0.25) is 11.8 Å². The second kappa shape index (κ2) is 10.8. The van der Waals surface area contributed by atoms with Gasteiger partial charge in [-0.2, -0.15) is 0 Å². The Morgan fingerprint density at radius 1 is 1.05 bits per heavy atom. The van der Waals surface area contributed by atoms with Gasteiger partial charge in [-0.25, -0.2) is 0 Å². The molecule has 8 heteroatoms. The average Bonchev–Trinajstić information content (AvgIpc) is 2.34. The Bertz CT molecular complexity index is 352. The molecule has 0 saturated carbocycles. The van der Waals surface area contributed by atoms with Gasteiger partial charge in [0.15, 0.2) is 0 Å². The van der Waals surface area contributed by atoms with E-state index in [1.807, 2.05) is 13.8 Å². The number of hydrogen-bond acceptors (Lipinski definition) is 4. The van der Waals surface area contributed by atoms with E-state index in [1.54, 1.807) is 6.92 Å². The number of carboxylic acids is 2. The molecule has 1 fully saturated rings. The van der Waals surface area contributed by atoms with Crippen molar-refractivity contribution < 1.29 is 29.4 Å². The zero-order chi connectivity index (χ0) is 16.3. The number of nitrogens with zero attached hydrogens (tertiary/aromatic N) is 2. The Morgan fingerprint density at radius 3 is 1.75 bits per heavy atom. The van der Waals surface area contributed by atoms with Crippen molar-refractivity contribution in [1.82, 2.24) is 9.80 Å². The van der Waals surface area contributed by atoms with E-state index in [-0.39, 0.29) is 24.9 Å². The molecule has 0 atom stereocenters. The molecular formula is C12H22N2O6. The van der Waals surface area contributed by atoms with Crippen LogP contribution in [-0.2, 0) is 19.2 Å². The van der Waals surface area contributed by atoms with E-state index in [4.69, 9.17) is 15.0 Å². The van der Waals surface area contributed by atoms with E-state index in [9.17, 15) is 14.4 Å². The summed E-state index contributed by atoms with van der Waals surface area (Å²) in [4.78, 5) is 44.4. The molecular weight excluding hydrogens is 268 g/mol. The van der Waals surface area contributed by atoms with Crippen molar-refractivity contribution in [3.63, 3.8) is 0 Å². The molecule has 1 heterocycles. The van der Waals surface area contributed by atoms with Crippen LogP contribution in [0.1, 0.15) is 27.7 Å². The SMILES string of the molecule is CC.CC(=O)O.CCN1CC(=O)N(CC(=O)O)CC1=O. The van der Waals surface area contributed by atoms with Gasteiger partial charge in [-0.15, -0.1) is 0 Å². The summed E-state index contributed by atoms with van der Waals surface area (Å²) in [5.74, 6) is -2.45. The Hall–Kier alpha value is -2.12. The molecule has 1 rings (SSSR count). The zero-order valence-electron chi connectivity index (χ0n) is 12.3. The summed E-state index contributed by atoms with van der Waals surface area (Å²) in [6.07, 6.45) is 0. The molecule has 1 saturated heterocycles. The molecule has 0 aromatic heterocycles. The van der Waals surface area contributed by atoms with E-state index in [2.05, 4.69) is 0 Å². The number of carbonyl (C=O) groups excluding carboxylic acids is 2. The molecule has 1 aliphatic heterocycles. The van der Waals surface area contributed by atoms with E-state index < -0.39 is 18.5 Å². The fourth-order valence-electron chi connectivity index (χ4n) is 1.30. The number of carboxylic acid groups (broad SMARTS) is 2. The Kier molecular flexibility index (Phi) is 10.9. The average molecular weight is 290 g/mol. The normalized spacial score (nSPS) is 13.8. The highest BCUT2D eigenvalue weighted by Gasteiger charge is 2.29. The standard InChI is InChI=1S/C8H12N2O4.C2H4O2.C2H6/c1-2-9-3-7(12)10(4-6(9)11)5-8(13)14;1-2(3)4;1-2/h2-5H2,1H3,(H,13,14);1H3,(H,3,4);1-2H3. The molecule has 0 aliphatic carbocycles. The van der Waals surface area contributed by atoms with Crippen molar-refractivity contribution in [2.45, 2.75) is 27.7 Å². The third-order valence-electron chi connectivity index (χ3n) is 2.07. The Morgan fingerprint density at radius 2 is 1.40 bits per heavy atom. The van der Waals surface area contributed by atoms with E-state index in [0.717, 1.165) is 11.8 Å². The summed E-state index contributed by atoms with van der Waals surface area (Å²) in [7, 11) is 0. The number of piperazine rings is 1. The monoisotopic (exact) mass is 290 g/mol. The van der Waals surface area contributed by atoms with Crippen LogP contribution in [0, 0.1) is 0 Å². The second-order valence-electron chi connectivity index (χ2n) is 3.57. The van der Waals surface area contributed by atoms with Crippen molar-refractivity contribution in [1.29, 1.82) is 0 Å². The smallest absolute Gasteiger partial charge is 0.323 e. The molecule has 1 aliphatic rings. The van der Waals surface area contributed by atoms with Crippen molar-refractivity contribution in [2.75, 3.05) is 26.2 Å². The van der Waals surface area contributed by atoms with Crippen LogP contribution in [-0.4, -0.2) is 69.9 Å². The minimum absolute atomic E-state index is 0.0113. The summed E-state index contributed by atoms with van der Waals surface area (Å²) in [6.45, 7) is 6.80. The van der Waals surface area contributed by atoms with E-state index in [0.29, 0.717) is 6.54 Å². The van der Waals surface area contributed by atoms with Crippen LogP contribution in [0.15, 0.2) is 0 Å². The van der Waals surface area contributed by atoms with Crippen LogP contribution in [0.2, 0.25) is 0 Å². The van der Waals surface area contributed by atoms with Gasteiger partial charge in [0, 0.05) is 13.5 Å². The van der Waals surface area contributed by atoms with E-state index >= 15 is 0 Å². The maximum atomic E-state index is 11.3. The number of rotatable bonds is 3. The van der Waals surface area contributed by atoms with Crippen LogP contribution >= 0.6 is 0 Å². The summed E-state index contributed by atoms with van der Waals surface area (Å²) in [5, 5.41) is 15.9. The Labute approximate surface area is 118 Å². The highest BCUT2D eigenvalue weighted by molar-refractivity contribution is 5.94. The molecule has 116 valence electrons. The van der Waals surface area contributed by atoms with Crippen LogP contribution in [0.5, 0.6) is 0 Å². The topological polar surface area (TPSA) is 115 Å². The van der Waals surface area contributed by atoms with Crippen molar-refractivity contribution in [2.24, 2.45) is 0 Å². The van der Waals surface area contributed by atoms with Crippen molar-refractivity contribution >= 4 is 23.8 Å². The van der Waals surface area contributed by atoms with Crippen molar-refractivity contribution in [3.8, 4) is 0 Å². The molecule has 0 radical (unpaired) electrons. The lowest BCUT2D eigenvalue weighted by Gasteiger charge is -2.32. The first-order valence-corrected chi connectivity index (χ1v) is 6.24. The predicted octanol–water partition coefficient (Wildman–Crippen LogP) is -0.121. The molecule has 8 nitrogen and oxygen atoms in total. The zero-order valence-corrected chi connectivity index (χ0v) is 12.3. The maximum absolute atomic E-state index is 11.3. The van der Waals surface area contributed by atoms with Crippen LogP contribution in [0.4, 0.5) is 0 Å². The largest absolute Gasteiger partial charge is 0.481 e. The molecule has 0 unspecified atom stereocenters. The molecule has 20 heavy (non-hydrogen) atoms. The van der Waals surface area contributed by atoms with E-state index in [1.165, 1.54) is 4.90 Å². The lowest BCUT2D eigenvalue weighted by molar-refractivity contribution is -0.154. The molecule has 0 aromatic rings.